The second-order valence-electron chi connectivity index (χ2n) is 6.13. The van der Waals surface area contributed by atoms with Crippen molar-refractivity contribution >= 4 is 0 Å². The summed E-state index contributed by atoms with van der Waals surface area (Å²) >= 11 is 0. The molecule has 0 amide bonds. The highest BCUT2D eigenvalue weighted by atomic mass is 16.5. The van der Waals surface area contributed by atoms with Crippen LogP contribution in [-0.4, -0.2) is 29.2 Å². The Hall–Kier alpha value is -2.35. The molecule has 0 bridgehead atoms. The van der Waals surface area contributed by atoms with Gasteiger partial charge in [-0.2, -0.15) is 5.26 Å². The van der Waals surface area contributed by atoms with E-state index in [1.165, 1.54) is 18.4 Å². The lowest BCUT2D eigenvalue weighted by molar-refractivity contribution is 0.183. The standard InChI is InChI=1S/C20H22N2O2/c21-13-17-5-1-2-6-18(17)15-24-20-7-3-4-16(12-20)14-22(10-11-23)19-8-9-19/h1-7,12,19,23H,8-11,14-15H2. The molecule has 0 unspecified atom stereocenters. The fraction of sp³-hybridized carbons (Fsp3) is 0.350. The van der Waals surface area contributed by atoms with Crippen LogP contribution in [0.3, 0.4) is 0 Å². The average molecular weight is 322 g/mol. The number of benzene rings is 2. The number of hydrogen-bond donors (Lipinski definition) is 1. The fourth-order valence-electron chi connectivity index (χ4n) is 2.84. The van der Waals surface area contributed by atoms with E-state index in [-0.39, 0.29) is 6.61 Å². The Bertz CT molecular complexity index is 720. The zero-order valence-corrected chi connectivity index (χ0v) is 13.7. The van der Waals surface area contributed by atoms with Gasteiger partial charge in [-0.15, -0.1) is 0 Å². The summed E-state index contributed by atoms with van der Waals surface area (Å²) in [7, 11) is 0. The Morgan fingerprint density at radius 3 is 2.75 bits per heavy atom. The maximum Gasteiger partial charge on any atom is 0.120 e. The zero-order chi connectivity index (χ0) is 16.8. The van der Waals surface area contributed by atoms with Crippen molar-refractivity contribution in [3.05, 3.63) is 65.2 Å². The molecule has 0 spiro atoms. The van der Waals surface area contributed by atoms with E-state index in [1.807, 2.05) is 36.4 Å². The van der Waals surface area contributed by atoms with E-state index in [2.05, 4.69) is 17.0 Å². The summed E-state index contributed by atoms with van der Waals surface area (Å²) in [6.45, 7) is 2.12. The predicted octanol–water partition coefficient (Wildman–Crippen LogP) is 3.09. The first-order valence-electron chi connectivity index (χ1n) is 8.35. The Labute approximate surface area is 142 Å². The fourth-order valence-corrected chi connectivity index (χ4v) is 2.84. The van der Waals surface area contributed by atoms with Crippen LogP contribution in [0.5, 0.6) is 5.75 Å². The van der Waals surface area contributed by atoms with Crippen LogP contribution in [0.15, 0.2) is 48.5 Å². The number of hydrogen-bond acceptors (Lipinski definition) is 4. The average Bonchev–Trinajstić information content (AvgIpc) is 3.45. The molecule has 0 radical (unpaired) electrons. The Kier molecular flexibility index (Phi) is 5.47. The van der Waals surface area contributed by atoms with Crippen LogP contribution in [0.1, 0.15) is 29.5 Å². The van der Waals surface area contributed by atoms with E-state index in [1.54, 1.807) is 6.07 Å². The number of nitrogens with zero attached hydrogens (tertiary/aromatic N) is 2. The van der Waals surface area contributed by atoms with Gasteiger partial charge in [0.2, 0.25) is 0 Å². The quantitative estimate of drug-likeness (QED) is 0.811. The van der Waals surface area contributed by atoms with Gasteiger partial charge in [0.25, 0.3) is 0 Å². The summed E-state index contributed by atoms with van der Waals surface area (Å²) in [6.07, 6.45) is 2.45. The van der Waals surface area contributed by atoms with Crippen molar-refractivity contribution in [3.8, 4) is 11.8 Å². The Morgan fingerprint density at radius 1 is 1.17 bits per heavy atom. The van der Waals surface area contributed by atoms with E-state index < -0.39 is 0 Å². The summed E-state index contributed by atoms with van der Waals surface area (Å²) in [5.74, 6) is 0.806. The van der Waals surface area contributed by atoms with Crippen molar-refractivity contribution in [2.75, 3.05) is 13.2 Å². The summed E-state index contributed by atoms with van der Waals surface area (Å²) in [6, 6.07) is 18.4. The molecule has 0 aliphatic heterocycles. The van der Waals surface area contributed by atoms with Crippen molar-refractivity contribution in [3.63, 3.8) is 0 Å². The van der Waals surface area contributed by atoms with Gasteiger partial charge >= 0.3 is 0 Å². The van der Waals surface area contributed by atoms with Gasteiger partial charge in [0.1, 0.15) is 12.4 Å². The minimum Gasteiger partial charge on any atom is -0.489 e. The number of rotatable bonds is 8. The summed E-state index contributed by atoms with van der Waals surface area (Å²) in [5.41, 5.74) is 2.73. The molecular weight excluding hydrogens is 300 g/mol. The van der Waals surface area contributed by atoms with Gasteiger partial charge in [-0.25, -0.2) is 0 Å². The largest absolute Gasteiger partial charge is 0.489 e. The molecule has 4 heteroatoms. The Morgan fingerprint density at radius 2 is 2.00 bits per heavy atom. The second kappa shape index (κ2) is 7.96. The molecule has 2 aromatic rings. The first-order chi connectivity index (χ1) is 11.8. The van der Waals surface area contributed by atoms with E-state index >= 15 is 0 Å². The van der Waals surface area contributed by atoms with Crippen molar-refractivity contribution in [2.45, 2.75) is 32.0 Å². The molecule has 2 aromatic carbocycles. The lowest BCUT2D eigenvalue weighted by Crippen LogP contribution is -2.28. The summed E-state index contributed by atoms with van der Waals surface area (Å²) in [4.78, 5) is 2.32. The van der Waals surface area contributed by atoms with Crippen LogP contribution < -0.4 is 4.74 Å². The van der Waals surface area contributed by atoms with Crippen molar-refractivity contribution < 1.29 is 9.84 Å². The molecule has 1 saturated carbocycles. The number of aliphatic hydroxyl groups is 1. The maximum absolute atomic E-state index is 9.21. The molecule has 124 valence electrons. The van der Waals surface area contributed by atoms with Crippen molar-refractivity contribution in [1.82, 2.24) is 4.90 Å². The van der Waals surface area contributed by atoms with Gasteiger partial charge in [-0.3, -0.25) is 4.90 Å². The lowest BCUT2D eigenvalue weighted by Gasteiger charge is -2.21. The second-order valence-corrected chi connectivity index (χ2v) is 6.13. The van der Waals surface area contributed by atoms with Gasteiger partial charge in [0, 0.05) is 24.7 Å². The first kappa shape index (κ1) is 16.5. The summed E-state index contributed by atoms with van der Waals surface area (Å²) < 4.78 is 5.87. The van der Waals surface area contributed by atoms with Crippen molar-refractivity contribution in [1.29, 1.82) is 5.26 Å². The molecule has 0 heterocycles. The third-order valence-corrected chi connectivity index (χ3v) is 4.27. The maximum atomic E-state index is 9.21. The molecule has 0 atom stereocenters. The smallest absolute Gasteiger partial charge is 0.120 e. The third kappa shape index (κ3) is 4.35. The molecule has 24 heavy (non-hydrogen) atoms. The molecule has 1 aliphatic rings. The normalized spacial score (nSPS) is 13.7. The first-order valence-corrected chi connectivity index (χ1v) is 8.35. The molecule has 1 fully saturated rings. The minimum atomic E-state index is 0.192. The summed E-state index contributed by atoms with van der Waals surface area (Å²) in [5, 5.41) is 18.3. The number of ether oxygens (including phenoxy) is 1. The highest BCUT2D eigenvalue weighted by molar-refractivity contribution is 5.37. The van der Waals surface area contributed by atoms with E-state index in [4.69, 9.17) is 10.00 Å². The van der Waals surface area contributed by atoms with Crippen LogP contribution in [-0.2, 0) is 13.2 Å². The van der Waals surface area contributed by atoms with E-state index in [9.17, 15) is 5.11 Å². The topological polar surface area (TPSA) is 56.5 Å². The van der Waals surface area contributed by atoms with Gasteiger partial charge in [-0.1, -0.05) is 30.3 Å². The SMILES string of the molecule is N#Cc1ccccc1COc1cccc(CN(CCO)C2CC2)c1. The van der Waals surface area contributed by atoms with E-state index in [0.29, 0.717) is 24.8 Å². The highest BCUT2D eigenvalue weighted by Gasteiger charge is 2.28. The highest BCUT2D eigenvalue weighted by Crippen LogP contribution is 2.28. The van der Waals surface area contributed by atoms with Crippen LogP contribution >= 0.6 is 0 Å². The zero-order valence-electron chi connectivity index (χ0n) is 13.7. The monoisotopic (exact) mass is 322 g/mol. The van der Waals surface area contributed by atoms with Crippen LogP contribution in [0.2, 0.25) is 0 Å². The lowest BCUT2D eigenvalue weighted by atomic mass is 10.1. The molecule has 3 rings (SSSR count). The Balaban J connectivity index is 1.63. The van der Waals surface area contributed by atoms with Gasteiger partial charge < -0.3 is 9.84 Å². The van der Waals surface area contributed by atoms with Crippen LogP contribution in [0.4, 0.5) is 0 Å². The minimum absolute atomic E-state index is 0.192. The van der Waals surface area contributed by atoms with Gasteiger partial charge in [-0.05, 0) is 36.6 Å². The molecule has 0 aromatic heterocycles. The van der Waals surface area contributed by atoms with E-state index in [0.717, 1.165) is 17.9 Å². The molecule has 1 N–H and O–H groups in total. The molecular formula is C20H22N2O2. The number of nitriles is 1. The predicted molar refractivity (Wildman–Crippen MR) is 92.4 cm³/mol. The number of aliphatic hydroxyl groups excluding tert-OH is 1. The van der Waals surface area contributed by atoms with Gasteiger partial charge in [0.15, 0.2) is 0 Å². The molecule has 1 aliphatic carbocycles. The molecule has 4 nitrogen and oxygen atoms in total. The van der Waals surface area contributed by atoms with Crippen molar-refractivity contribution in [2.24, 2.45) is 0 Å². The van der Waals surface area contributed by atoms with Crippen LogP contribution in [0.25, 0.3) is 0 Å². The van der Waals surface area contributed by atoms with Gasteiger partial charge in [0.05, 0.1) is 18.2 Å². The molecule has 0 saturated heterocycles. The third-order valence-electron chi connectivity index (χ3n) is 4.27. The van der Waals surface area contributed by atoms with Crippen LogP contribution in [0, 0.1) is 11.3 Å².